The van der Waals surface area contributed by atoms with Crippen LogP contribution in [0.25, 0.3) is 17.1 Å². The van der Waals surface area contributed by atoms with E-state index < -0.39 is 0 Å². The third kappa shape index (κ3) is 5.00. The molecule has 4 aromatic rings. The van der Waals surface area contributed by atoms with Gasteiger partial charge in [-0.3, -0.25) is 4.79 Å². The van der Waals surface area contributed by atoms with E-state index in [2.05, 4.69) is 25.6 Å². The van der Waals surface area contributed by atoms with Crippen molar-refractivity contribution in [3.8, 4) is 17.1 Å². The lowest BCUT2D eigenvalue weighted by Crippen LogP contribution is -2.24. The minimum Gasteiger partial charge on any atom is -0.399 e. The third-order valence-corrected chi connectivity index (χ3v) is 5.03. The lowest BCUT2D eigenvalue weighted by atomic mass is 10.1. The zero-order valence-electron chi connectivity index (χ0n) is 18.0. The number of carbonyl (C=O) groups is 1. The van der Waals surface area contributed by atoms with E-state index in [0.717, 1.165) is 36.5 Å². The van der Waals surface area contributed by atoms with Crippen molar-refractivity contribution >= 4 is 11.6 Å². The van der Waals surface area contributed by atoms with Crippen LogP contribution in [0.4, 0.5) is 5.69 Å². The van der Waals surface area contributed by atoms with Crippen LogP contribution in [-0.2, 0) is 13.0 Å². The normalized spacial score (nSPS) is 10.9. The molecule has 0 atom stereocenters. The molecule has 0 saturated heterocycles. The van der Waals surface area contributed by atoms with Crippen molar-refractivity contribution in [2.45, 2.75) is 32.7 Å². The number of aromatic nitrogens is 6. The molecule has 9 heteroatoms. The Kier molecular flexibility index (Phi) is 6.54. The number of aryl methyl sites for hydroxylation is 2. The molecule has 0 aliphatic carbocycles. The van der Waals surface area contributed by atoms with Gasteiger partial charge < -0.3 is 11.1 Å². The summed E-state index contributed by atoms with van der Waals surface area (Å²) in [5, 5.41) is 15.8. The predicted molar refractivity (Wildman–Crippen MR) is 122 cm³/mol. The van der Waals surface area contributed by atoms with Gasteiger partial charge in [-0.2, -0.15) is 20.1 Å². The molecule has 0 saturated carbocycles. The van der Waals surface area contributed by atoms with Crippen LogP contribution in [0.5, 0.6) is 0 Å². The monoisotopic (exact) mass is 430 g/mol. The van der Waals surface area contributed by atoms with Crippen molar-refractivity contribution in [3.63, 3.8) is 0 Å². The molecule has 0 aliphatic rings. The van der Waals surface area contributed by atoms with Crippen molar-refractivity contribution in [3.05, 3.63) is 72.3 Å². The quantitative estimate of drug-likeness (QED) is 0.311. The van der Waals surface area contributed by atoms with Crippen LogP contribution in [0.2, 0.25) is 0 Å². The molecule has 0 fully saturated rings. The first-order valence-corrected chi connectivity index (χ1v) is 10.7. The summed E-state index contributed by atoms with van der Waals surface area (Å²) in [7, 11) is 0. The van der Waals surface area contributed by atoms with Crippen LogP contribution in [0.1, 0.15) is 35.9 Å². The van der Waals surface area contributed by atoms with Gasteiger partial charge in [0.2, 0.25) is 0 Å². The fraction of sp³-hybridized carbons (Fsp3) is 0.261. The largest absolute Gasteiger partial charge is 0.399 e. The highest BCUT2D eigenvalue weighted by Crippen LogP contribution is 2.23. The van der Waals surface area contributed by atoms with Crippen LogP contribution >= 0.6 is 0 Å². The van der Waals surface area contributed by atoms with Gasteiger partial charge in [0.1, 0.15) is 0 Å². The number of nitrogen functional groups attached to an aromatic ring is 1. The number of nitrogens with zero attached hydrogens (tertiary/aromatic N) is 6. The molecule has 2 aromatic carbocycles. The van der Waals surface area contributed by atoms with Gasteiger partial charge in [-0.15, -0.1) is 0 Å². The Labute approximate surface area is 186 Å². The van der Waals surface area contributed by atoms with Gasteiger partial charge in [0.05, 0.1) is 24.6 Å². The van der Waals surface area contributed by atoms with Gasteiger partial charge in [0.25, 0.3) is 5.91 Å². The standard InChI is InChI=1S/C23H26N8O/c1-2-21-28-22(17-8-10-19(24)11-9-17)31(29-21)20-7-5-6-18(16-20)23(32)25-12-3-4-15-30-26-13-14-27-30/h5-11,13-14,16H,2-4,12,15,24H2,1H3,(H,25,32). The molecule has 2 heterocycles. The number of carbonyl (C=O) groups excluding carboxylic acids is 1. The van der Waals surface area contributed by atoms with Gasteiger partial charge in [-0.05, 0) is 55.3 Å². The predicted octanol–water partition coefficient (Wildman–Crippen LogP) is 2.88. The van der Waals surface area contributed by atoms with Gasteiger partial charge >= 0.3 is 0 Å². The van der Waals surface area contributed by atoms with Gasteiger partial charge in [-0.1, -0.05) is 13.0 Å². The average Bonchev–Trinajstić information content (AvgIpc) is 3.49. The molecule has 4 rings (SSSR count). The maximum Gasteiger partial charge on any atom is 0.251 e. The summed E-state index contributed by atoms with van der Waals surface area (Å²) < 4.78 is 1.78. The molecule has 0 spiro atoms. The number of benzene rings is 2. The number of hydrogen-bond acceptors (Lipinski definition) is 6. The first-order valence-electron chi connectivity index (χ1n) is 10.7. The number of nitrogens with one attached hydrogen (secondary N) is 1. The Hall–Kier alpha value is -4.01. The smallest absolute Gasteiger partial charge is 0.251 e. The number of hydrogen-bond donors (Lipinski definition) is 2. The molecular formula is C23H26N8O. The second-order valence-corrected chi connectivity index (χ2v) is 7.38. The van der Waals surface area contributed by atoms with E-state index in [9.17, 15) is 4.79 Å². The van der Waals surface area contributed by atoms with E-state index in [1.54, 1.807) is 27.9 Å². The van der Waals surface area contributed by atoms with Crippen LogP contribution in [0.15, 0.2) is 60.9 Å². The van der Waals surface area contributed by atoms with Crippen LogP contribution in [0.3, 0.4) is 0 Å². The second-order valence-electron chi connectivity index (χ2n) is 7.38. The number of nitrogens with two attached hydrogens (primary N) is 1. The summed E-state index contributed by atoms with van der Waals surface area (Å²) in [6.45, 7) is 3.33. The van der Waals surface area contributed by atoms with Crippen molar-refractivity contribution in [2.24, 2.45) is 0 Å². The molecule has 0 aliphatic heterocycles. The van der Waals surface area contributed by atoms with Crippen molar-refractivity contribution in [1.82, 2.24) is 35.1 Å². The van der Waals surface area contributed by atoms with Gasteiger partial charge in [0, 0.05) is 29.8 Å². The maximum atomic E-state index is 12.7. The SMILES string of the molecule is CCc1nc(-c2ccc(N)cc2)n(-c2cccc(C(=O)NCCCCn3nccn3)c2)n1. The Bertz CT molecular complexity index is 1170. The van der Waals surface area contributed by atoms with E-state index in [1.807, 2.05) is 49.4 Å². The molecule has 0 radical (unpaired) electrons. The fourth-order valence-electron chi connectivity index (χ4n) is 3.32. The van der Waals surface area contributed by atoms with E-state index in [-0.39, 0.29) is 5.91 Å². The summed E-state index contributed by atoms with van der Waals surface area (Å²) in [5.41, 5.74) is 8.78. The number of rotatable bonds is 9. The van der Waals surface area contributed by atoms with Gasteiger partial charge in [-0.25, -0.2) is 9.67 Å². The summed E-state index contributed by atoms with van der Waals surface area (Å²) in [6, 6.07) is 14.9. The average molecular weight is 431 g/mol. The fourth-order valence-corrected chi connectivity index (χ4v) is 3.32. The Balaban J connectivity index is 1.46. The first-order chi connectivity index (χ1) is 15.6. The number of anilines is 1. The molecule has 9 nitrogen and oxygen atoms in total. The highest BCUT2D eigenvalue weighted by Gasteiger charge is 2.14. The molecule has 0 unspecified atom stereocenters. The molecule has 164 valence electrons. The van der Waals surface area contributed by atoms with E-state index in [4.69, 9.17) is 5.73 Å². The van der Waals surface area contributed by atoms with Gasteiger partial charge in [0.15, 0.2) is 11.6 Å². The second kappa shape index (κ2) is 9.86. The number of unbranched alkanes of at least 4 members (excludes halogenated alkanes) is 1. The third-order valence-electron chi connectivity index (χ3n) is 5.03. The van der Waals surface area contributed by atoms with Crippen molar-refractivity contribution in [2.75, 3.05) is 12.3 Å². The topological polar surface area (TPSA) is 117 Å². The van der Waals surface area contributed by atoms with Crippen molar-refractivity contribution < 1.29 is 4.79 Å². The first kappa shape index (κ1) is 21.2. The molecular weight excluding hydrogens is 404 g/mol. The molecule has 0 bridgehead atoms. The minimum atomic E-state index is -0.117. The zero-order valence-corrected chi connectivity index (χ0v) is 18.0. The highest BCUT2D eigenvalue weighted by molar-refractivity contribution is 5.94. The number of amides is 1. The van der Waals surface area contributed by atoms with Crippen molar-refractivity contribution in [1.29, 1.82) is 0 Å². The van der Waals surface area contributed by atoms with E-state index in [1.165, 1.54) is 0 Å². The van der Waals surface area contributed by atoms with Crippen LogP contribution in [0, 0.1) is 0 Å². The summed E-state index contributed by atoms with van der Waals surface area (Å²) in [4.78, 5) is 19.0. The summed E-state index contributed by atoms with van der Waals surface area (Å²) in [5.74, 6) is 1.33. The molecule has 32 heavy (non-hydrogen) atoms. The highest BCUT2D eigenvalue weighted by atomic mass is 16.1. The molecule has 1 amide bonds. The summed E-state index contributed by atoms with van der Waals surface area (Å²) in [6.07, 6.45) is 5.76. The zero-order chi connectivity index (χ0) is 22.3. The summed E-state index contributed by atoms with van der Waals surface area (Å²) >= 11 is 0. The van der Waals surface area contributed by atoms with Crippen LogP contribution in [-0.4, -0.2) is 42.2 Å². The minimum absolute atomic E-state index is 0.117. The Morgan fingerprint density at radius 3 is 2.59 bits per heavy atom. The molecule has 2 aromatic heterocycles. The Morgan fingerprint density at radius 1 is 1.06 bits per heavy atom. The lowest BCUT2D eigenvalue weighted by molar-refractivity contribution is 0.0953. The Morgan fingerprint density at radius 2 is 1.84 bits per heavy atom. The maximum absolute atomic E-state index is 12.7. The van der Waals surface area contributed by atoms with Crippen LogP contribution < -0.4 is 11.1 Å². The van der Waals surface area contributed by atoms with E-state index in [0.29, 0.717) is 30.0 Å². The lowest BCUT2D eigenvalue weighted by Gasteiger charge is -2.09. The van der Waals surface area contributed by atoms with E-state index >= 15 is 0 Å². The molecule has 3 N–H and O–H groups in total.